The van der Waals surface area contributed by atoms with Gasteiger partial charge in [-0.2, -0.15) is 0 Å². The van der Waals surface area contributed by atoms with E-state index in [9.17, 15) is 5.11 Å². The van der Waals surface area contributed by atoms with E-state index in [1.165, 1.54) is 25.7 Å². The number of hydrogen-bond donors (Lipinski definition) is 1. The van der Waals surface area contributed by atoms with Crippen LogP contribution in [0.5, 0.6) is 0 Å². The third kappa shape index (κ3) is 6.78. The number of rotatable bonds is 0. The van der Waals surface area contributed by atoms with E-state index in [0.29, 0.717) is 54.6 Å². The molecule has 202 valence electrons. The van der Waals surface area contributed by atoms with E-state index in [1.54, 1.807) is 0 Å². The van der Waals surface area contributed by atoms with E-state index < -0.39 is 0 Å². The first-order valence-electron chi connectivity index (χ1n) is 14.3. The number of aliphatic hydroxyl groups is 1. The van der Waals surface area contributed by atoms with E-state index in [2.05, 4.69) is 27.7 Å². The van der Waals surface area contributed by atoms with Crippen LogP contribution in [0.3, 0.4) is 0 Å². The first kappa shape index (κ1) is 26.3. The molecule has 0 aromatic heterocycles. The lowest BCUT2D eigenvalue weighted by Gasteiger charge is -2.30. The maximum Gasteiger partial charge on any atom is 0.108 e. The highest BCUT2D eigenvalue weighted by Crippen LogP contribution is 2.47. The largest absolute Gasteiger partial charge is 0.390 e. The van der Waals surface area contributed by atoms with Crippen molar-refractivity contribution in [3.05, 3.63) is 0 Å². The highest BCUT2D eigenvalue weighted by Gasteiger charge is 2.44. The van der Waals surface area contributed by atoms with Crippen molar-refractivity contribution in [3.63, 3.8) is 0 Å². The normalized spacial score (nSPS) is 52.2. The van der Waals surface area contributed by atoms with Crippen molar-refractivity contribution in [2.24, 2.45) is 23.7 Å². The van der Waals surface area contributed by atoms with Gasteiger partial charge >= 0.3 is 0 Å². The second kappa shape index (κ2) is 11.6. The van der Waals surface area contributed by atoms with Crippen LogP contribution in [0.2, 0.25) is 0 Å². The Morgan fingerprint density at radius 3 is 2.14 bits per heavy atom. The standard InChI is InChI=1S/C8H14O2.C7H12O2.C7H12O.C6H10O2/c1-5-6(2)10-7-3-8(5)9-4-7;8-6-2-1-5-3-4-9-7(5)6;1-5-7-4-6(7)2-3-8-5;1-4-2-5-6(8-5)3-7-4/h5-8H,3-4H2,1-2H3;5-8H,1-4H2;5-7H,2-4H2,1H3;4-6H,2-3H2,1H3. The maximum atomic E-state index is 9.27. The summed E-state index contributed by atoms with van der Waals surface area (Å²) in [6, 6.07) is 0. The molecule has 13 atom stereocenters. The molecule has 8 aliphatic rings. The Hall–Kier alpha value is -0.280. The number of epoxide rings is 1. The molecule has 6 heterocycles. The molecule has 7 heteroatoms. The minimum absolute atomic E-state index is 0.155. The quantitative estimate of drug-likeness (QED) is 0.512. The molecule has 0 amide bonds. The molecule has 0 aromatic rings. The van der Waals surface area contributed by atoms with Crippen LogP contribution < -0.4 is 0 Å². The summed E-state index contributed by atoms with van der Waals surface area (Å²) < 4.78 is 32.5. The summed E-state index contributed by atoms with van der Waals surface area (Å²) in [6.07, 6.45) is 11.6. The Bertz CT molecular complexity index is 676. The number of ether oxygens (including phenoxy) is 6. The van der Waals surface area contributed by atoms with Crippen molar-refractivity contribution in [2.45, 2.75) is 128 Å². The second-order valence-corrected chi connectivity index (χ2v) is 12.1. The third-order valence-corrected chi connectivity index (χ3v) is 9.45. The summed E-state index contributed by atoms with van der Waals surface area (Å²) in [5, 5.41) is 9.27. The van der Waals surface area contributed by atoms with Crippen molar-refractivity contribution in [3.8, 4) is 0 Å². The summed E-state index contributed by atoms with van der Waals surface area (Å²) in [6.45, 7) is 12.2. The molecule has 13 unspecified atom stereocenters. The van der Waals surface area contributed by atoms with Crippen molar-refractivity contribution >= 4 is 0 Å². The lowest BCUT2D eigenvalue weighted by atomic mass is 9.93. The van der Waals surface area contributed by atoms with Crippen LogP contribution >= 0.6 is 0 Å². The lowest BCUT2D eigenvalue weighted by Crippen LogP contribution is -2.35. The molecule has 8 fully saturated rings. The number of fused-ring (bicyclic) bond motifs is 5. The Morgan fingerprint density at radius 1 is 0.629 bits per heavy atom. The summed E-state index contributed by atoms with van der Waals surface area (Å²) in [5.74, 6) is 3.27. The zero-order valence-corrected chi connectivity index (χ0v) is 22.2. The first-order valence-corrected chi connectivity index (χ1v) is 14.3. The minimum atomic E-state index is -0.155. The van der Waals surface area contributed by atoms with Gasteiger partial charge in [-0.25, -0.2) is 0 Å². The summed E-state index contributed by atoms with van der Waals surface area (Å²) in [5.41, 5.74) is 0. The fraction of sp³-hybridized carbons (Fsp3) is 1.00. The summed E-state index contributed by atoms with van der Waals surface area (Å²) >= 11 is 0. The number of aliphatic hydroxyl groups excluding tert-OH is 1. The highest BCUT2D eigenvalue weighted by molar-refractivity contribution is 4.93. The van der Waals surface area contributed by atoms with Crippen molar-refractivity contribution in [2.75, 3.05) is 26.4 Å². The molecule has 0 radical (unpaired) electrons. The smallest absolute Gasteiger partial charge is 0.108 e. The summed E-state index contributed by atoms with van der Waals surface area (Å²) in [7, 11) is 0. The lowest BCUT2D eigenvalue weighted by molar-refractivity contribution is -0.0548. The molecule has 2 aliphatic carbocycles. The third-order valence-electron chi connectivity index (χ3n) is 9.45. The zero-order chi connectivity index (χ0) is 24.5. The van der Waals surface area contributed by atoms with E-state index in [4.69, 9.17) is 28.4 Å². The zero-order valence-electron chi connectivity index (χ0n) is 22.2. The topological polar surface area (TPSA) is 78.9 Å². The Morgan fingerprint density at radius 2 is 1.43 bits per heavy atom. The SMILES string of the molecule is CC1CC2OC2CO1.CC1OC2COC(C2)C1C.CC1OCCC2CC21.OC1CCC2CCOC12. The van der Waals surface area contributed by atoms with Crippen LogP contribution in [0, 0.1) is 23.7 Å². The minimum Gasteiger partial charge on any atom is -0.390 e. The average Bonchev–Trinajstić information content (AvgIpc) is 3.65. The first-order chi connectivity index (χ1) is 16.9. The van der Waals surface area contributed by atoms with Gasteiger partial charge in [0.2, 0.25) is 0 Å². The van der Waals surface area contributed by atoms with Gasteiger partial charge in [-0.05, 0) is 70.6 Å². The molecule has 8 rings (SSSR count). The Kier molecular flexibility index (Phi) is 8.75. The molecule has 6 aliphatic heterocycles. The molecule has 2 saturated carbocycles. The van der Waals surface area contributed by atoms with Crippen molar-refractivity contribution < 1.29 is 33.5 Å². The van der Waals surface area contributed by atoms with Crippen LogP contribution in [0.25, 0.3) is 0 Å². The van der Waals surface area contributed by atoms with Gasteiger partial charge < -0.3 is 33.5 Å². The Labute approximate surface area is 211 Å². The van der Waals surface area contributed by atoms with Gasteiger partial charge in [0, 0.05) is 32.0 Å². The van der Waals surface area contributed by atoms with Crippen LogP contribution in [0.1, 0.15) is 72.6 Å². The summed E-state index contributed by atoms with van der Waals surface area (Å²) in [4.78, 5) is 0. The van der Waals surface area contributed by atoms with E-state index in [0.717, 1.165) is 57.5 Å². The van der Waals surface area contributed by atoms with Gasteiger partial charge in [0.1, 0.15) is 6.10 Å². The molecule has 1 N–H and O–H groups in total. The van der Waals surface area contributed by atoms with Gasteiger partial charge in [0.15, 0.2) is 0 Å². The fourth-order valence-electron chi connectivity index (χ4n) is 6.65. The fourth-order valence-corrected chi connectivity index (χ4v) is 6.65. The molecular weight excluding hydrogens is 448 g/mol. The second-order valence-electron chi connectivity index (χ2n) is 12.1. The van der Waals surface area contributed by atoms with E-state index in [1.807, 2.05) is 0 Å². The predicted octanol–water partition coefficient (Wildman–Crippen LogP) is 3.74. The highest BCUT2D eigenvalue weighted by atomic mass is 16.6. The molecule has 0 aromatic carbocycles. The van der Waals surface area contributed by atoms with Crippen molar-refractivity contribution in [1.29, 1.82) is 0 Å². The molecule has 7 nitrogen and oxygen atoms in total. The van der Waals surface area contributed by atoms with Gasteiger partial charge in [0.05, 0.1) is 62.0 Å². The average molecular weight is 497 g/mol. The van der Waals surface area contributed by atoms with Crippen LogP contribution in [0.4, 0.5) is 0 Å². The maximum absolute atomic E-state index is 9.27. The van der Waals surface area contributed by atoms with E-state index >= 15 is 0 Å². The van der Waals surface area contributed by atoms with Gasteiger partial charge in [-0.3, -0.25) is 0 Å². The monoisotopic (exact) mass is 496 g/mol. The predicted molar refractivity (Wildman–Crippen MR) is 131 cm³/mol. The van der Waals surface area contributed by atoms with Gasteiger partial charge in [-0.15, -0.1) is 0 Å². The van der Waals surface area contributed by atoms with Gasteiger partial charge in [0.25, 0.3) is 0 Å². The molecule has 0 spiro atoms. The number of hydrogen-bond acceptors (Lipinski definition) is 7. The van der Waals surface area contributed by atoms with Crippen molar-refractivity contribution in [1.82, 2.24) is 0 Å². The van der Waals surface area contributed by atoms with Crippen LogP contribution in [0.15, 0.2) is 0 Å². The van der Waals surface area contributed by atoms with Crippen LogP contribution in [-0.4, -0.2) is 86.5 Å². The molecule has 35 heavy (non-hydrogen) atoms. The molecule has 6 saturated heterocycles. The molecular formula is C28H48O7. The molecule has 2 bridgehead atoms. The van der Waals surface area contributed by atoms with Crippen LogP contribution in [-0.2, 0) is 28.4 Å². The van der Waals surface area contributed by atoms with E-state index in [-0.39, 0.29) is 12.2 Å². The Balaban J connectivity index is 0.0000000969. The van der Waals surface area contributed by atoms with Gasteiger partial charge in [-0.1, -0.05) is 6.92 Å².